The molecular formula is C13H18N2O2S. The zero-order chi connectivity index (χ0) is 13.4. The van der Waals surface area contributed by atoms with Gasteiger partial charge in [0, 0.05) is 12.1 Å². The lowest BCUT2D eigenvalue weighted by Gasteiger charge is -2.05. The van der Waals surface area contributed by atoms with Gasteiger partial charge in [-0.3, -0.25) is 9.59 Å². The van der Waals surface area contributed by atoms with Gasteiger partial charge in [0.1, 0.15) is 0 Å². The zero-order valence-corrected chi connectivity index (χ0v) is 11.3. The van der Waals surface area contributed by atoms with Gasteiger partial charge in [0.15, 0.2) is 0 Å². The summed E-state index contributed by atoms with van der Waals surface area (Å²) in [6, 6.07) is 7.68. The van der Waals surface area contributed by atoms with E-state index in [2.05, 4.69) is 5.32 Å². The number of carbonyl (C=O) groups excluding carboxylic acids is 2. The number of hydrogen-bond donors (Lipinski definition) is 2. The summed E-state index contributed by atoms with van der Waals surface area (Å²) in [5.74, 6) is 0.848. The van der Waals surface area contributed by atoms with E-state index in [1.807, 2.05) is 31.2 Å². The number of aryl methyl sites for hydroxylation is 1. The highest BCUT2D eigenvalue weighted by atomic mass is 32.2. The second kappa shape index (κ2) is 7.76. The normalized spacial score (nSPS) is 10.1. The Morgan fingerprint density at radius 1 is 1.39 bits per heavy atom. The van der Waals surface area contributed by atoms with Gasteiger partial charge in [0.05, 0.1) is 5.75 Å². The average molecular weight is 266 g/mol. The first-order valence-corrected chi connectivity index (χ1v) is 6.96. The SMILES string of the molecule is Cc1cccc(NC(=O)CSCCCC(N)=O)c1. The number of nitrogens with two attached hydrogens (primary N) is 1. The molecule has 4 nitrogen and oxygen atoms in total. The predicted molar refractivity (Wildman–Crippen MR) is 75.6 cm³/mol. The van der Waals surface area contributed by atoms with Crippen molar-refractivity contribution in [1.82, 2.24) is 0 Å². The number of amides is 2. The van der Waals surface area contributed by atoms with Gasteiger partial charge in [-0.25, -0.2) is 0 Å². The summed E-state index contributed by atoms with van der Waals surface area (Å²) in [5.41, 5.74) is 6.95. The van der Waals surface area contributed by atoms with Crippen molar-refractivity contribution in [3.8, 4) is 0 Å². The van der Waals surface area contributed by atoms with Gasteiger partial charge < -0.3 is 11.1 Å². The number of primary amides is 1. The third-order valence-corrected chi connectivity index (χ3v) is 3.29. The van der Waals surface area contributed by atoms with Crippen molar-refractivity contribution >= 4 is 29.3 Å². The molecule has 98 valence electrons. The lowest BCUT2D eigenvalue weighted by molar-refractivity contribution is -0.118. The van der Waals surface area contributed by atoms with Gasteiger partial charge in [-0.05, 0) is 36.8 Å². The van der Waals surface area contributed by atoms with Crippen LogP contribution in [0.4, 0.5) is 5.69 Å². The molecule has 1 aromatic carbocycles. The quantitative estimate of drug-likeness (QED) is 0.741. The minimum Gasteiger partial charge on any atom is -0.370 e. The van der Waals surface area contributed by atoms with Gasteiger partial charge in [-0.1, -0.05) is 12.1 Å². The fourth-order valence-corrected chi connectivity index (χ4v) is 2.18. The second-order valence-corrected chi connectivity index (χ2v) is 5.15. The van der Waals surface area contributed by atoms with E-state index in [0.29, 0.717) is 12.2 Å². The van der Waals surface area contributed by atoms with Crippen molar-refractivity contribution in [3.63, 3.8) is 0 Å². The smallest absolute Gasteiger partial charge is 0.234 e. The molecule has 1 aromatic rings. The number of hydrogen-bond acceptors (Lipinski definition) is 3. The summed E-state index contributed by atoms with van der Waals surface area (Å²) in [4.78, 5) is 22.1. The molecule has 0 spiro atoms. The highest BCUT2D eigenvalue weighted by Crippen LogP contribution is 2.11. The van der Waals surface area contributed by atoms with E-state index in [1.54, 1.807) is 0 Å². The maximum atomic E-state index is 11.6. The Balaban J connectivity index is 2.20. The van der Waals surface area contributed by atoms with Crippen LogP contribution < -0.4 is 11.1 Å². The van der Waals surface area contributed by atoms with Crippen LogP contribution in [0.15, 0.2) is 24.3 Å². The number of nitrogens with one attached hydrogen (secondary N) is 1. The molecule has 0 heterocycles. The number of thioether (sulfide) groups is 1. The van der Waals surface area contributed by atoms with Crippen LogP contribution in [-0.2, 0) is 9.59 Å². The second-order valence-electron chi connectivity index (χ2n) is 4.04. The van der Waals surface area contributed by atoms with Crippen molar-refractivity contribution in [2.75, 3.05) is 16.8 Å². The molecular weight excluding hydrogens is 248 g/mol. The topological polar surface area (TPSA) is 72.2 Å². The third-order valence-electron chi connectivity index (χ3n) is 2.25. The molecule has 0 aliphatic rings. The van der Waals surface area contributed by atoms with E-state index in [4.69, 9.17) is 5.73 Å². The molecule has 0 aromatic heterocycles. The minimum atomic E-state index is -0.292. The summed E-state index contributed by atoms with van der Waals surface area (Å²) < 4.78 is 0. The third kappa shape index (κ3) is 6.30. The van der Waals surface area contributed by atoms with E-state index in [0.717, 1.165) is 23.4 Å². The summed E-state index contributed by atoms with van der Waals surface area (Å²) >= 11 is 1.51. The Kier molecular flexibility index (Phi) is 6.28. The van der Waals surface area contributed by atoms with Crippen LogP contribution in [0.3, 0.4) is 0 Å². The molecule has 0 atom stereocenters. The van der Waals surface area contributed by atoms with Gasteiger partial charge in [0.25, 0.3) is 0 Å². The molecule has 0 saturated heterocycles. The standard InChI is InChI=1S/C13H18N2O2S/c1-10-4-2-5-11(8-10)15-13(17)9-18-7-3-6-12(14)16/h2,4-5,8H,3,6-7,9H2,1H3,(H2,14,16)(H,15,17). The highest BCUT2D eigenvalue weighted by molar-refractivity contribution is 7.99. The van der Waals surface area contributed by atoms with E-state index in [-0.39, 0.29) is 11.8 Å². The first kappa shape index (κ1) is 14.6. The Bertz CT molecular complexity index is 421. The lowest BCUT2D eigenvalue weighted by atomic mass is 10.2. The van der Waals surface area contributed by atoms with Gasteiger partial charge >= 0.3 is 0 Å². The summed E-state index contributed by atoms with van der Waals surface area (Å²) in [7, 11) is 0. The number of carbonyl (C=O) groups is 2. The molecule has 0 aliphatic carbocycles. The average Bonchev–Trinajstić information content (AvgIpc) is 2.28. The van der Waals surface area contributed by atoms with Crippen molar-refractivity contribution in [2.24, 2.45) is 5.73 Å². The van der Waals surface area contributed by atoms with Gasteiger partial charge in [0.2, 0.25) is 11.8 Å². The zero-order valence-electron chi connectivity index (χ0n) is 10.4. The first-order valence-electron chi connectivity index (χ1n) is 5.80. The van der Waals surface area contributed by atoms with Gasteiger partial charge in [-0.2, -0.15) is 11.8 Å². The maximum Gasteiger partial charge on any atom is 0.234 e. The Morgan fingerprint density at radius 2 is 2.17 bits per heavy atom. The molecule has 18 heavy (non-hydrogen) atoms. The van der Waals surface area contributed by atoms with Crippen molar-refractivity contribution < 1.29 is 9.59 Å². The van der Waals surface area contributed by atoms with E-state index in [9.17, 15) is 9.59 Å². The van der Waals surface area contributed by atoms with Crippen LogP contribution in [-0.4, -0.2) is 23.3 Å². The fraction of sp³-hybridized carbons (Fsp3) is 0.385. The molecule has 5 heteroatoms. The van der Waals surface area contributed by atoms with Crippen LogP contribution >= 0.6 is 11.8 Å². The van der Waals surface area contributed by atoms with E-state index >= 15 is 0 Å². The number of rotatable bonds is 7. The molecule has 0 aliphatic heterocycles. The molecule has 2 amide bonds. The summed E-state index contributed by atoms with van der Waals surface area (Å²) in [6.07, 6.45) is 1.10. The number of benzene rings is 1. The highest BCUT2D eigenvalue weighted by Gasteiger charge is 2.03. The van der Waals surface area contributed by atoms with Crippen LogP contribution in [0.25, 0.3) is 0 Å². The van der Waals surface area contributed by atoms with Crippen LogP contribution in [0.1, 0.15) is 18.4 Å². The van der Waals surface area contributed by atoms with Gasteiger partial charge in [-0.15, -0.1) is 0 Å². The largest absolute Gasteiger partial charge is 0.370 e. The lowest BCUT2D eigenvalue weighted by Crippen LogP contribution is -2.15. The molecule has 0 radical (unpaired) electrons. The van der Waals surface area contributed by atoms with Crippen LogP contribution in [0, 0.1) is 6.92 Å². The van der Waals surface area contributed by atoms with Crippen LogP contribution in [0.5, 0.6) is 0 Å². The molecule has 0 fully saturated rings. The van der Waals surface area contributed by atoms with E-state index in [1.165, 1.54) is 11.8 Å². The first-order chi connectivity index (χ1) is 8.58. The molecule has 0 saturated carbocycles. The van der Waals surface area contributed by atoms with Crippen molar-refractivity contribution in [3.05, 3.63) is 29.8 Å². The fourth-order valence-electron chi connectivity index (χ4n) is 1.43. The van der Waals surface area contributed by atoms with E-state index < -0.39 is 0 Å². The minimum absolute atomic E-state index is 0.0234. The molecule has 0 bridgehead atoms. The molecule has 3 N–H and O–H groups in total. The Labute approximate surface area is 111 Å². The maximum absolute atomic E-state index is 11.6. The predicted octanol–water partition coefficient (Wildman–Crippen LogP) is 1.93. The summed E-state index contributed by atoms with van der Waals surface area (Å²) in [6.45, 7) is 1.98. The molecule has 0 unspecified atom stereocenters. The Morgan fingerprint density at radius 3 is 2.83 bits per heavy atom. The summed E-state index contributed by atoms with van der Waals surface area (Å²) in [5, 5.41) is 2.83. The monoisotopic (exact) mass is 266 g/mol. The molecule has 1 rings (SSSR count). The van der Waals surface area contributed by atoms with Crippen LogP contribution in [0.2, 0.25) is 0 Å². The number of anilines is 1. The van der Waals surface area contributed by atoms with Crippen molar-refractivity contribution in [1.29, 1.82) is 0 Å². The van der Waals surface area contributed by atoms with Crippen molar-refractivity contribution in [2.45, 2.75) is 19.8 Å². The Hall–Kier alpha value is -1.49.